The first-order valence-electron chi connectivity index (χ1n) is 11.6. The first-order chi connectivity index (χ1) is 16.8. The topological polar surface area (TPSA) is 89.9 Å². The number of likely N-dealkylation sites (tertiary alicyclic amines) is 1. The van der Waals surface area contributed by atoms with E-state index in [2.05, 4.69) is 10.7 Å². The molecule has 0 aliphatic carbocycles. The van der Waals surface area contributed by atoms with Crippen LogP contribution in [0, 0.1) is 5.82 Å². The Labute approximate surface area is 213 Å². The highest BCUT2D eigenvalue weighted by atomic mass is 35.5. The number of aliphatic hydroxyl groups is 2. The zero-order chi connectivity index (χ0) is 24.9. The lowest BCUT2D eigenvalue weighted by Gasteiger charge is -2.28. The number of hydrogen-bond acceptors (Lipinski definition) is 5. The van der Waals surface area contributed by atoms with Gasteiger partial charge in [-0.1, -0.05) is 47.5 Å². The van der Waals surface area contributed by atoms with Gasteiger partial charge in [-0.25, -0.2) is 4.39 Å². The van der Waals surface area contributed by atoms with Gasteiger partial charge in [-0.05, 0) is 60.4 Å². The van der Waals surface area contributed by atoms with Crippen LogP contribution in [0.2, 0.25) is 5.02 Å². The van der Waals surface area contributed by atoms with Crippen molar-refractivity contribution < 1.29 is 24.2 Å². The molecule has 2 unspecified atom stereocenters. The van der Waals surface area contributed by atoms with E-state index in [1.165, 1.54) is 22.6 Å². The second-order valence-electron chi connectivity index (χ2n) is 8.88. The van der Waals surface area contributed by atoms with Crippen molar-refractivity contribution in [1.29, 1.82) is 0 Å². The van der Waals surface area contributed by atoms with Crippen LogP contribution in [0.4, 0.5) is 4.39 Å². The molecular weight excluding hydrogens is 491 g/mol. The van der Waals surface area contributed by atoms with E-state index in [4.69, 9.17) is 11.6 Å². The second kappa shape index (κ2) is 11.6. The monoisotopic (exact) mass is 518 g/mol. The van der Waals surface area contributed by atoms with Gasteiger partial charge in [0.2, 0.25) is 0 Å². The molecule has 0 bridgehead atoms. The predicted molar refractivity (Wildman–Crippen MR) is 134 cm³/mol. The number of hydrogen-bond donors (Lipinski definition) is 3. The molecule has 0 radical (unpaired) electrons. The Hall–Kier alpha value is -2.39. The third-order valence-electron chi connectivity index (χ3n) is 6.41. The Morgan fingerprint density at radius 3 is 2.63 bits per heavy atom. The number of thioether (sulfide) groups is 1. The molecule has 2 heterocycles. The van der Waals surface area contributed by atoms with Crippen LogP contribution < -0.4 is 5.32 Å². The van der Waals surface area contributed by atoms with Gasteiger partial charge in [0.15, 0.2) is 12.2 Å². The van der Waals surface area contributed by atoms with Gasteiger partial charge in [-0.15, -0.1) is 11.8 Å². The highest BCUT2D eigenvalue weighted by molar-refractivity contribution is 8.03. The molecular formula is C26H28ClFN2O4S. The summed E-state index contributed by atoms with van der Waals surface area (Å²) in [6, 6.07) is 13.2. The minimum atomic E-state index is -1.88. The van der Waals surface area contributed by atoms with Gasteiger partial charge in [-0.3, -0.25) is 9.59 Å². The molecule has 35 heavy (non-hydrogen) atoms. The third-order valence-corrected chi connectivity index (χ3v) is 7.96. The largest absolute Gasteiger partial charge is 0.380 e. The highest BCUT2D eigenvalue weighted by Gasteiger charge is 2.38. The normalized spacial score (nSPS) is 21.5. The van der Waals surface area contributed by atoms with Gasteiger partial charge < -0.3 is 20.4 Å². The van der Waals surface area contributed by atoms with Crippen LogP contribution in [-0.4, -0.2) is 57.5 Å². The maximum atomic E-state index is 13.3. The number of halogens is 2. The van der Waals surface area contributed by atoms with E-state index in [0.29, 0.717) is 25.9 Å². The van der Waals surface area contributed by atoms with Crippen molar-refractivity contribution in [3.05, 3.63) is 81.5 Å². The number of aliphatic hydroxyl groups excluding tert-OH is 2. The fourth-order valence-corrected chi connectivity index (χ4v) is 5.79. The number of benzene rings is 2. The third kappa shape index (κ3) is 6.25. The molecule has 9 heteroatoms. The minimum absolute atomic E-state index is 0.0953. The zero-order valence-corrected chi connectivity index (χ0v) is 20.6. The number of carbonyl (C=O) groups is 2. The fraction of sp³-hybridized carbons (Fsp3) is 0.385. The maximum absolute atomic E-state index is 13.3. The van der Waals surface area contributed by atoms with Crippen molar-refractivity contribution in [3.8, 4) is 0 Å². The summed E-state index contributed by atoms with van der Waals surface area (Å²) < 4.78 is 13.3. The van der Waals surface area contributed by atoms with Gasteiger partial charge in [-0.2, -0.15) is 0 Å². The van der Waals surface area contributed by atoms with Crippen LogP contribution >= 0.6 is 23.4 Å². The molecule has 6 nitrogen and oxygen atoms in total. The molecule has 0 aromatic heterocycles. The van der Waals surface area contributed by atoms with Crippen LogP contribution in [0.3, 0.4) is 0 Å². The molecule has 2 aliphatic rings. The molecule has 2 amide bonds. The molecule has 4 rings (SSSR count). The number of nitrogens with zero attached hydrogens (tertiary/aromatic N) is 1. The molecule has 4 atom stereocenters. The lowest BCUT2D eigenvalue weighted by atomic mass is 10.0. The smallest absolute Gasteiger partial charge is 0.255 e. The van der Waals surface area contributed by atoms with E-state index in [0.717, 1.165) is 29.0 Å². The van der Waals surface area contributed by atoms with Gasteiger partial charge in [0.25, 0.3) is 11.8 Å². The summed E-state index contributed by atoms with van der Waals surface area (Å²) in [5.41, 5.74) is 3.00. The molecule has 2 aromatic carbocycles. The summed E-state index contributed by atoms with van der Waals surface area (Å²) in [6.45, 7) is 0.691. The summed E-state index contributed by atoms with van der Waals surface area (Å²) in [4.78, 5) is 26.8. The zero-order valence-electron chi connectivity index (χ0n) is 19.1. The molecule has 186 valence electrons. The Bertz CT molecular complexity index is 1100. The quantitative estimate of drug-likeness (QED) is 0.497. The summed E-state index contributed by atoms with van der Waals surface area (Å²) in [7, 11) is 0. The number of nitrogens with one attached hydrogen (secondary N) is 1. The number of rotatable bonds is 8. The molecule has 1 saturated heterocycles. The Morgan fingerprint density at radius 2 is 1.89 bits per heavy atom. The molecule has 2 aliphatic heterocycles. The van der Waals surface area contributed by atoms with Gasteiger partial charge in [0.05, 0.1) is 6.04 Å². The van der Waals surface area contributed by atoms with Gasteiger partial charge in [0, 0.05) is 23.4 Å². The van der Waals surface area contributed by atoms with Crippen molar-refractivity contribution in [1.82, 2.24) is 10.2 Å². The van der Waals surface area contributed by atoms with E-state index in [1.807, 2.05) is 24.3 Å². The average molecular weight is 519 g/mol. The van der Waals surface area contributed by atoms with Gasteiger partial charge >= 0.3 is 0 Å². The van der Waals surface area contributed by atoms with Crippen molar-refractivity contribution in [2.45, 2.75) is 49.2 Å². The minimum Gasteiger partial charge on any atom is -0.380 e. The van der Waals surface area contributed by atoms with Crippen LogP contribution in [0.5, 0.6) is 0 Å². The molecule has 0 spiro atoms. The van der Waals surface area contributed by atoms with Gasteiger partial charge in [0.1, 0.15) is 5.82 Å². The first-order valence-corrected chi connectivity index (χ1v) is 12.9. The standard InChI is InChI=1S/C26H28ClFN2O4S/c27-21-5-2-1-4-18(21)12-16-13-20(35-15-16)14-29-25(33)23(31)24(32)26(34)30-11-3-6-22(30)17-7-9-19(28)10-8-17/h1-2,4-5,7-10,15,20,22-24,31-32H,3,6,11-14H2,(H,29,33)/t20?,22?,23-,24-/m1/s1. The number of allylic oxidation sites excluding steroid dienone is 1. The number of carbonyl (C=O) groups excluding carboxylic acids is 2. The lowest BCUT2D eigenvalue weighted by molar-refractivity contribution is -0.153. The maximum Gasteiger partial charge on any atom is 0.255 e. The van der Waals surface area contributed by atoms with Crippen LogP contribution in [-0.2, 0) is 16.0 Å². The summed E-state index contributed by atoms with van der Waals surface area (Å²) >= 11 is 7.84. The molecule has 2 aromatic rings. The van der Waals surface area contributed by atoms with E-state index < -0.39 is 24.0 Å². The lowest BCUT2D eigenvalue weighted by Crippen LogP contribution is -2.51. The SMILES string of the molecule is O=C(NCC1CC(Cc2ccccc2Cl)=CS1)[C@H](O)[C@@H](O)C(=O)N1CCCC1c1ccc(F)cc1. The summed E-state index contributed by atoms with van der Waals surface area (Å²) in [6.07, 6.45) is -0.876. The van der Waals surface area contributed by atoms with Crippen molar-refractivity contribution in [3.63, 3.8) is 0 Å². The van der Waals surface area contributed by atoms with E-state index >= 15 is 0 Å². The van der Waals surface area contributed by atoms with Crippen LogP contribution in [0.25, 0.3) is 0 Å². The Kier molecular flexibility index (Phi) is 8.49. The summed E-state index contributed by atoms with van der Waals surface area (Å²) in [5, 5.41) is 26.4. The summed E-state index contributed by atoms with van der Waals surface area (Å²) in [5.74, 6) is -1.87. The number of amides is 2. The van der Waals surface area contributed by atoms with Crippen LogP contribution in [0.1, 0.15) is 36.4 Å². The molecule has 0 saturated carbocycles. The average Bonchev–Trinajstić information content (AvgIpc) is 3.53. The fourth-order valence-electron chi connectivity index (χ4n) is 4.53. The van der Waals surface area contributed by atoms with E-state index in [1.54, 1.807) is 23.9 Å². The highest BCUT2D eigenvalue weighted by Crippen LogP contribution is 2.34. The van der Waals surface area contributed by atoms with Crippen molar-refractivity contribution in [2.24, 2.45) is 0 Å². The van der Waals surface area contributed by atoms with E-state index in [-0.39, 0.29) is 17.1 Å². The second-order valence-corrected chi connectivity index (χ2v) is 10.5. The van der Waals surface area contributed by atoms with Crippen molar-refractivity contribution >= 4 is 35.2 Å². The Morgan fingerprint density at radius 1 is 1.14 bits per heavy atom. The molecule has 1 fully saturated rings. The predicted octanol–water partition coefficient (Wildman–Crippen LogP) is 3.61. The Balaban J connectivity index is 1.26. The van der Waals surface area contributed by atoms with Crippen LogP contribution in [0.15, 0.2) is 59.5 Å². The van der Waals surface area contributed by atoms with Crippen molar-refractivity contribution in [2.75, 3.05) is 13.1 Å². The first kappa shape index (κ1) is 25.7. The molecule has 3 N–H and O–H groups in total. The van der Waals surface area contributed by atoms with E-state index in [9.17, 15) is 24.2 Å².